The second-order valence-corrected chi connectivity index (χ2v) is 3.71. The number of nitrogens with one attached hydrogen (secondary N) is 1. The molecule has 0 bridgehead atoms. The van der Waals surface area contributed by atoms with Gasteiger partial charge in [-0.2, -0.15) is 4.98 Å². The lowest BCUT2D eigenvalue weighted by molar-refractivity contribution is 0.0949. The fraction of sp³-hybridized carbons (Fsp3) is 0.273. The van der Waals surface area contributed by atoms with Gasteiger partial charge >= 0.3 is 0 Å². The highest BCUT2D eigenvalue weighted by molar-refractivity contribution is 5.92. The Bertz CT molecular complexity index is 552. The van der Waals surface area contributed by atoms with Crippen molar-refractivity contribution in [1.29, 1.82) is 0 Å². The van der Waals surface area contributed by atoms with Gasteiger partial charge in [-0.1, -0.05) is 5.16 Å². The minimum atomic E-state index is -0.275. The standard InChI is InChI=1S/C11H13N5O2/c1-7-15-10(16-18-7)3-5-14-11(17)9-6-8(12)2-4-13-9/h2,4,6H,3,5H2,1H3,(H2,12,13)(H,14,17). The van der Waals surface area contributed by atoms with E-state index in [1.165, 1.54) is 12.3 Å². The van der Waals surface area contributed by atoms with E-state index in [2.05, 4.69) is 20.4 Å². The molecule has 3 N–H and O–H groups in total. The fourth-order valence-electron chi connectivity index (χ4n) is 1.39. The first-order chi connectivity index (χ1) is 8.65. The van der Waals surface area contributed by atoms with Crippen LogP contribution in [0, 0.1) is 6.92 Å². The first kappa shape index (κ1) is 12.0. The summed E-state index contributed by atoms with van der Waals surface area (Å²) in [5.41, 5.74) is 6.36. The number of nitrogens with two attached hydrogens (primary N) is 1. The summed E-state index contributed by atoms with van der Waals surface area (Å²) in [6.07, 6.45) is 2.00. The van der Waals surface area contributed by atoms with Gasteiger partial charge in [0.05, 0.1) is 0 Å². The van der Waals surface area contributed by atoms with Crippen molar-refractivity contribution in [1.82, 2.24) is 20.4 Å². The molecule has 0 aliphatic carbocycles. The second kappa shape index (κ2) is 5.26. The van der Waals surface area contributed by atoms with Crippen molar-refractivity contribution in [2.24, 2.45) is 0 Å². The van der Waals surface area contributed by atoms with E-state index >= 15 is 0 Å². The molecule has 2 aromatic rings. The number of aryl methyl sites for hydroxylation is 1. The number of anilines is 1. The van der Waals surface area contributed by atoms with E-state index in [1.807, 2.05) is 0 Å². The van der Waals surface area contributed by atoms with Crippen molar-refractivity contribution in [3.8, 4) is 0 Å². The highest BCUT2D eigenvalue weighted by atomic mass is 16.5. The number of amides is 1. The predicted molar refractivity (Wildman–Crippen MR) is 63.7 cm³/mol. The Morgan fingerprint density at radius 2 is 2.39 bits per heavy atom. The highest BCUT2D eigenvalue weighted by Crippen LogP contribution is 2.02. The quantitative estimate of drug-likeness (QED) is 0.806. The summed E-state index contributed by atoms with van der Waals surface area (Å²) in [6.45, 7) is 2.13. The summed E-state index contributed by atoms with van der Waals surface area (Å²) in [4.78, 5) is 19.7. The second-order valence-electron chi connectivity index (χ2n) is 3.71. The van der Waals surface area contributed by atoms with E-state index in [0.717, 1.165) is 0 Å². The lowest BCUT2D eigenvalue weighted by Gasteiger charge is -2.03. The molecule has 0 spiro atoms. The first-order valence-electron chi connectivity index (χ1n) is 5.44. The van der Waals surface area contributed by atoms with Gasteiger partial charge in [-0.05, 0) is 12.1 Å². The van der Waals surface area contributed by atoms with Gasteiger partial charge in [-0.25, -0.2) is 0 Å². The number of rotatable bonds is 4. The molecule has 0 atom stereocenters. The molecular weight excluding hydrogens is 234 g/mol. The lowest BCUT2D eigenvalue weighted by Crippen LogP contribution is -2.26. The molecule has 0 aliphatic rings. The molecule has 94 valence electrons. The van der Waals surface area contributed by atoms with Crippen LogP contribution in [0.3, 0.4) is 0 Å². The molecule has 7 heteroatoms. The number of carbonyl (C=O) groups excluding carboxylic acids is 1. The topological polar surface area (TPSA) is 107 Å². The van der Waals surface area contributed by atoms with E-state index in [0.29, 0.717) is 36.1 Å². The van der Waals surface area contributed by atoms with Crippen molar-refractivity contribution < 1.29 is 9.32 Å². The molecule has 0 saturated heterocycles. The monoisotopic (exact) mass is 247 g/mol. The normalized spacial score (nSPS) is 10.3. The molecule has 18 heavy (non-hydrogen) atoms. The number of hydrogen-bond donors (Lipinski definition) is 2. The largest absolute Gasteiger partial charge is 0.399 e. The van der Waals surface area contributed by atoms with Crippen molar-refractivity contribution in [2.45, 2.75) is 13.3 Å². The van der Waals surface area contributed by atoms with Gasteiger partial charge < -0.3 is 15.6 Å². The maximum atomic E-state index is 11.7. The Kier molecular flexibility index (Phi) is 3.52. The van der Waals surface area contributed by atoms with Gasteiger partial charge in [0.2, 0.25) is 5.89 Å². The van der Waals surface area contributed by atoms with Crippen LogP contribution in [0.2, 0.25) is 0 Å². The third kappa shape index (κ3) is 3.03. The van der Waals surface area contributed by atoms with Crippen LogP contribution >= 0.6 is 0 Å². The minimum Gasteiger partial charge on any atom is -0.399 e. The third-order valence-electron chi connectivity index (χ3n) is 2.22. The summed E-state index contributed by atoms with van der Waals surface area (Å²) in [7, 11) is 0. The van der Waals surface area contributed by atoms with Crippen molar-refractivity contribution in [2.75, 3.05) is 12.3 Å². The molecule has 0 aliphatic heterocycles. The van der Waals surface area contributed by atoms with Crippen molar-refractivity contribution in [3.63, 3.8) is 0 Å². The number of hydrogen-bond acceptors (Lipinski definition) is 6. The van der Waals surface area contributed by atoms with Gasteiger partial charge in [0, 0.05) is 31.8 Å². The summed E-state index contributed by atoms with van der Waals surface area (Å²) in [6, 6.07) is 3.15. The molecule has 0 aromatic carbocycles. The predicted octanol–water partition coefficient (Wildman–Crippen LogP) is 0.328. The minimum absolute atomic E-state index is 0.275. The van der Waals surface area contributed by atoms with Gasteiger partial charge in [-0.15, -0.1) is 0 Å². The third-order valence-corrected chi connectivity index (χ3v) is 2.22. The summed E-state index contributed by atoms with van der Waals surface area (Å²) in [5, 5.41) is 6.43. The fourth-order valence-corrected chi connectivity index (χ4v) is 1.39. The van der Waals surface area contributed by atoms with Gasteiger partial charge in [0.15, 0.2) is 5.82 Å². The SMILES string of the molecule is Cc1nc(CCNC(=O)c2cc(N)ccn2)no1. The van der Waals surface area contributed by atoms with E-state index in [-0.39, 0.29) is 5.91 Å². The smallest absolute Gasteiger partial charge is 0.269 e. The van der Waals surface area contributed by atoms with E-state index < -0.39 is 0 Å². The molecular formula is C11H13N5O2. The number of carbonyl (C=O) groups is 1. The van der Waals surface area contributed by atoms with Crippen LogP contribution in [0.15, 0.2) is 22.9 Å². The number of aromatic nitrogens is 3. The number of nitrogens with zero attached hydrogens (tertiary/aromatic N) is 3. The maximum Gasteiger partial charge on any atom is 0.269 e. The van der Waals surface area contributed by atoms with Crippen molar-refractivity contribution >= 4 is 11.6 Å². The number of nitrogen functional groups attached to an aromatic ring is 1. The molecule has 0 saturated carbocycles. The van der Waals surface area contributed by atoms with Crippen LogP contribution in [0.25, 0.3) is 0 Å². The summed E-state index contributed by atoms with van der Waals surface area (Å²) >= 11 is 0. The molecule has 2 aromatic heterocycles. The van der Waals surface area contributed by atoms with Gasteiger partial charge in [0.25, 0.3) is 5.91 Å². The van der Waals surface area contributed by atoms with Crippen LogP contribution in [-0.2, 0) is 6.42 Å². The lowest BCUT2D eigenvalue weighted by atomic mass is 10.3. The maximum absolute atomic E-state index is 11.7. The molecule has 2 rings (SSSR count). The molecule has 0 fully saturated rings. The van der Waals surface area contributed by atoms with Crippen LogP contribution < -0.4 is 11.1 Å². The zero-order valence-electron chi connectivity index (χ0n) is 9.88. The molecule has 0 unspecified atom stereocenters. The molecule has 2 heterocycles. The Labute approximate surface area is 103 Å². The average molecular weight is 247 g/mol. The van der Waals surface area contributed by atoms with Crippen molar-refractivity contribution in [3.05, 3.63) is 35.7 Å². The first-order valence-corrected chi connectivity index (χ1v) is 5.44. The van der Waals surface area contributed by atoms with E-state index in [1.54, 1.807) is 13.0 Å². The van der Waals surface area contributed by atoms with E-state index in [9.17, 15) is 4.79 Å². The zero-order chi connectivity index (χ0) is 13.0. The molecule has 0 radical (unpaired) electrons. The van der Waals surface area contributed by atoms with Crippen LogP contribution in [0.1, 0.15) is 22.2 Å². The Balaban J connectivity index is 1.85. The van der Waals surface area contributed by atoms with E-state index in [4.69, 9.17) is 10.3 Å². The van der Waals surface area contributed by atoms with Crippen LogP contribution in [-0.4, -0.2) is 27.6 Å². The Morgan fingerprint density at radius 3 is 3.06 bits per heavy atom. The Morgan fingerprint density at radius 1 is 1.56 bits per heavy atom. The summed E-state index contributed by atoms with van der Waals surface area (Å²) < 4.78 is 4.82. The highest BCUT2D eigenvalue weighted by Gasteiger charge is 2.08. The van der Waals surface area contributed by atoms with Crippen LogP contribution in [0.5, 0.6) is 0 Å². The average Bonchev–Trinajstić information content (AvgIpc) is 2.75. The summed E-state index contributed by atoms with van der Waals surface area (Å²) in [5.74, 6) is 0.796. The molecule has 7 nitrogen and oxygen atoms in total. The Hall–Kier alpha value is -2.44. The van der Waals surface area contributed by atoms with Gasteiger partial charge in [-0.3, -0.25) is 9.78 Å². The zero-order valence-corrected chi connectivity index (χ0v) is 9.88. The molecule has 1 amide bonds. The number of pyridine rings is 1. The van der Waals surface area contributed by atoms with Gasteiger partial charge in [0.1, 0.15) is 5.69 Å². The van der Waals surface area contributed by atoms with Crippen LogP contribution in [0.4, 0.5) is 5.69 Å².